The van der Waals surface area contributed by atoms with Crippen molar-refractivity contribution in [3.05, 3.63) is 16.1 Å². The highest BCUT2D eigenvalue weighted by atomic mass is 79.9. The van der Waals surface area contributed by atoms with E-state index in [-0.39, 0.29) is 5.92 Å². The first kappa shape index (κ1) is 13.2. The fraction of sp³-hybridized carbons (Fsp3) is 0.714. The fourth-order valence-corrected chi connectivity index (χ4v) is 4.03. The summed E-state index contributed by atoms with van der Waals surface area (Å²) < 4.78 is 3.38. The van der Waals surface area contributed by atoms with Gasteiger partial charge in [0.25, 0.3) is 0 Å². The third-order valence-corrected chi connectivity index (χ3v) is 5.18. The molecule has 0 spiro atoms. The van der Waals surface area contributed by atoms with Gasteiger partial charge in [0.2, 0.25) is 0 Å². The van der Waals surface area contributed by atoms with E-state index < -0.39 is 5.97 Å². The zero-order valence-electron chi connectivity index (χ0n) is 10.9. The van der Waals surface area contributed by atoms with Crippen LogP contribution in [-0.2, 0) is 17.8 Å². The number of carboxylic acid groups (broad SMARTS) is 1. The molecule has 0 aromatic carbocycles. The molecular formula is C14H19BrN2O2. The topological polar surface area (TPSA) is 55.1 Å². The SMILES string of the molecule is O=C(O)C1CCC(c2nc(Br)c3n2CCCC3)CC1. The molecule has 2 heterocycles. The largest absolute Gasteiger partial charge is 0.481 e. The minimum absolute atomic E-state index is 0.143. The Bertz CT molecular complexity index is 490. The molecule has 0 saturated heterocycles. The minimum Gasteiger partial charge on any atom is -0.481 e. The summed E-state index contributed by atoms with van der Waals surface area (Å²) in [5.74, 6) is 0.851. The molecule has 2 aliphatic rings. The summed E-state index contributed by atoms with van der Waals surface area (Å²) >= 11 is 3.58. The zero-order chi connectivity index (χ0) is 13.4. The van der Waals surface area contributed by atoms with Crippen molar-refractivity contribution in [3.63, 3.8) is 0 Å². The van der Waals surface area contributed by atoms with E-state index in [0.717, 1.165) is 43.3 Å². The lowest BCUT2D eigenvalue weighted by atomic mass is 9.81. The van der Waals surface area contributed by atoms with Crippen molar-refractivity contribution >= 4 is 21.9 Å². The lowest BCUT2D eigenvalue weighted by Crippen LogP contribution is -2.23. The Morgan fingerprint density at radius 3 is 2.68 bits per heavy atom. The lowest BCUT2D eigenvalue weighted by Gasteiger charge is -2.27. The molecule has 1 aliphatic heterocycles. The first-order chi connectivity index (χ1) is 9.16. The van der Waals surface area contributed by atoms with E-state index in [1.54, 1.807) is 0 Å². The average Bonchev–Trinajstić information content (AvgIpc) is 2.77. The molecule has 3 rings (SSSR count). The molecule has 1 fully saturated rings. The number of carbonyl (C=O) groups is 1. The number of halogens is 1. The summed E-state index contributed by atoms with van der Waals surface area (Å²) in [6, 6.07) is 0. The maximum Gasteiger partial charge on any atom is 0.306 e. The molecule has 104 valence electrons. The summed E-state index contributed by atoms with van der Waals surface area (Å²) in [5.41, 5.74) is 1.33. The monoisotopic (exact) mass is 326 g/mol. The van der Waals surface area contributed by atoms with Gasteiger partial charge in [0.05, 0.1) is 11.6 Å². The third-order valence-electron chi connectivity index (χ3n) is 4.54. The van der Waals surface area contributed by atoms with Gasteiger partial charge in [0, 0.05) is 12.5 Å². The highest BCUT2D eigenvalue weighted by Gasteiger charge is 2.30. The second-order valence-corrected chi connectivity index (χ2v) is 6.45. The van der Waals surface area contributed by atoms with E-state index in [1.807, 2.05) is 0 Å². The van der Waals surface area contributed by atoms with Crippen molar-refractivity contribution in [3.8, 4) is 0 Å². The third kappa shape index (κ3) is 2.45. The number of imidazole rings is 1. The van der Waals surface area contributed by atoms with Crippen LogP contribution >= 0.6 is 15.9 Å². The molecule has 1 N–H and O–H groups in total. The summed E-state index contributed by atoms with van der Waals surface area (Å²) in [6.45, 7) is 1.07. The van der Waals surface area contributed by atoms with Gasteiger partial charge in [0.1, 0.15) is 10.4 Å². The molecule has 1 aromatic rings. The van der Waals surface area contributed by atoms with Gasteiger partial charge < -0.3 is 9.67 Å². The number of hydrogen-bond acceptors (Lipinski definition) is 2. The molecule has 19 heavy (non-hydrogen) atoms. The minimum atomic E-state index is -0.634. The number of carboxylic acids is 1. The molecule has 0 bridgehead atoms. The van der Waals surface area contributed by atoms with Crippen LogP contribution < -0.4 is 0 Å². The van der Waals surface area contributed by atoms with Crippen LogP contribution in [0.25, 0.3) is 0 Å². The average molecular weight is 327 g/mol. The van der Waals surface area contributed by atoms with E-state index >= 15 is 0 Å². The molecule has 1 saturated carbocycles. The summed E-state index contributed by atoms with van der Waals surface area (Å²) in [7, 11) is 0. The summed E-state index contributed by atoms with van der Waals surface area (Å²) in [5, 5.41) is 9.06. The van der Waals surface area contributed by atoms with Crippen molar-refractivity contribution in [2.45, 2.75) is 57.4 Å². The second kappa shape index (κ2) is 5.27. The Hall–Kier alpha value is -0.840. The molecule has 0 amide bonds. The first-order valence-corrected chi connectivity index (χ1v) is 7.93. The lowest BCUT2D eigenvalue weighted by molar-refractivity contribution is -0.142. The predicted molar refractivity (Wildman–Crippen MR) is 75.2 cm³/mol. The Morgan fingerprint density at radius 1 is 1.26 bits per heavy atom. The van der Waals surface area contributed by atoms with Crippen LogP contribution in [0.1, 0.15) is 56.0 Å². The fourth-order valence-electron chi connectivity index (χ4n) is 3.44. The highest BCUT2D eigenvalue weighted by Crippen LogP contribution is 2.38. The van der Waals surface area contributed by atoms with E-state index in [1.165, 1.54) is 24.4 Å². The summed E-state index contributed by atoms with van der Waals surface area (Å²) in [6.07, 6.45) is 7.08. The Morgan fingerprint density at radius 2 is 2.00 bits per heavy atom. The van der Waals surface area contributed by atoms with Crippen LogP contribution in [0.2, 0.25) is 0 Å². The van der Waals surface area contributed by atoms with Gasteiger partial charge in [-0.05, 0) is 60.9 Å². The van der Waals surface area contributed by atoms with Gasteiger partial charge in [-0.15, -0.1) is 0 Å². The second-order valence-electron chi connectivity index (χ2n) is 5.70. The van der Waals surface area contributed by atoms with Crippen molar-refractivity contribution in [1.29, 1.82) is 0 Å². The van der Waals surface area contributed by atoms with Crippen LogP contribution in [-0.4, -0.2) is 20.6 Å². The van der Waals surface area contributed by atoms with E-state index in [9.17, 15) is 4.79 Å². The Balaban J connectivity index is 1.79. The first-order valence-electron chi connectivity index (χ1n) is 7.14. The van der Waals surface area contributed by atoms with Crippen LogP contribution in [0.15, 0.2) is 4.60 Å². The molecular weight excluding hydrogens is 308 g/mol. The van der Waals surface area contributed by atoms with Gasteiger partial charge in [-0.25, -0.2) is 4.98 Å². The number of aliphatic carboxylic acids is 1. The molecule has 0 atom stereocenters. The Kier molecular flexibility index (Phi) is 3.65. The zero-order valence-corrected chi connectivity index (χ0v) is 12.5. The quantitative estimate of drug-likeness (QED) is 0.906. The van der Waals surface area contributed by atoms with E-state index in [4.69, 9.17) is 10.1 Å². The number of rotatable bonds is 2. The van der Waals surface area contributed by atoms with Crippen LogP contribution in [0.3, 0.4) is 0 Å². The van der Waals surface area contributed by atoms with Crippen LogP contribution in [0, 0.1) is 5.92 Å². The van der Waals surface area contributed by atoms with Crippen molar-refractivity contribution in [2.75, 3.05) is 0 Å². The predicted octanol–water partition coefficient (Wildman–Crippen LogP) is 3.34. The molecule has 1 aliphatic carbocycles. The number of fused-ring (bicyclic) bond motifs is 1. The smallest absolute Gasteiger partial charge is 0.306 e. The normalized spacial score (nSPS) is 27.0. The standard InChI is InChI=1S/C14H19BrN2O2/c15-12-11-3-1-2-8-17(11)13(16-12)9-4-6-10(7-5-9)14(18)19/h9-10H,1-8H2,(H,18,19). The molecule has 0 radical (unpaired) electrons. The van der Waals surface area contributed by atoms with Gasteiger partial charge >= 0.3 is 5.97 Å². The maximum atomic E-state index is 11.0. The van der Waals surface area contributed by atoms with Gasteiger partial charge in [-0.3, -0.25) is 4.79 Å². The van der Waals surface area contributed by atoms with Crippen molar-refractivity contribution in [2.24, 2.45) is 5.92 Å². The summed E-state index contributed by atoms with van der Waals surface area (Å²) in [4.78, 5) is 15.7. The molecule has 5 heteroatoms. The van der Waals surface area contributed by atoms with Gasteiger partial charge in [-0.1, -0.05) is 0 Å². The molecule has 0 unspecified atom stereocenters. The Labute approximate surface area is 121 Å². The maximum absolute atomic E-state index is 11.0. The van der Waals surface area contributed by atoms with Crippen LogP contribution in [0.5, 0.6) is 0 Å². The van der Waals surface area contributed by atoms with Crippen molar-refractivity contribution < 1.29 is 9.90 Å². The molecule has 4 nitrogen and oxygen atoms in total. The van der Waals surface area contributed by atoms with Crippen molar-refractivity contribution in [1.82, 2.24) is 9.55 Å². The van der Waals surface area contributed by atoms with Gasteiger partial charge in [0.15, 0.2) is 0 Å². The van der Waals surface area contributed by atoms with E-state index in [2.05, 4.69) is 20.5 Å². The number of aromatic nitrogens is 2. The molecule has 1 aromatic heterocycles. The number of hydrogen-bond donors (Lipinski definition) is 1. The van der Waals surface area contributed by atoms with E-state index in [0.29, 0.717) is 5.92 Å². The van der Waals surface area contributed by atoms with Crippen LogP contribution in [0.4, 0.5) is 0 Å². The van der Waals surface area contributed by atoms with Gasteiger partial charge in [-0.2, -0.15) is 0 Å². The highest BCUT2D eigenvalue weighted by molar-refractivity contribution is 9.10. The number of nitrogens with zero attached hydrogens (tertiary/aromatic N) is 2.